The first-order valence-electron chi connectivity index (χ1n) is 5.33. The SMILES string of the molecule is Nc1cccc(O)c1NC(=O)c1ccc(Cl)cc1Cl. The first kappa shape index (κ1) is 13.5. The van der Waals surface area contributed by atoms with Crippen LogP contribution in [0, 0.1) is 0 Å². The second-order valence-electron chi connectivity index (χ2n) is 3.82. The second kappa shape index (κ2) is 5.38. The number of carbonyl (C=O) groups is 1. The van der Waals surface area contributed by atoms with Crippen molar-refractivity contribution < 1.29 is 9.90 Å². The van der Waals surface area contributed by atoms with Crippen LogP contribution in [0.15, 0.2) is 36.4 Å². The molecular weight excluding hydrogens is 287 g/mol. The number of nitrogen functional groups attached to an aromatic ring is 1. The van der Waals surface area contributed by atoms with Crippen molar-refractivity contribution in [1.82, 2.24) is 0 Å². The molecule has 0 saturated carbocycles. The van der Waals surface area contributed by atoms with E-state index < -0.39 is 5.91 Å². The number of halogens is 2. The van der Waals surface area contributed by atoms with Gasteiger partial charge in [-0.15, -0.1) is 0 Å². The fourth-order valence-electron chi connectivity index (χ4n) is 1.55. The molecule has 2 rings (SSSR count). The number of carbonyl (C=O) groups excluding carboxylic acids is 1. The summed E-state index contributed by atoms with van der Waals surface area (Å²) in [6, 6.07) is 9.09. The van der Waals surface area contributed by atoms with E-state index in [-0.39, 0.29) is 27.7 Å². The van der Waals surface area contributed by atoms with E-state index in [1.807, 2.05) is 0 Å². The molecule has 0 heterocycles. The molecule has 0 aliphatic carbocycles. The van der Waals surface area contributed by atoms with Crippen molar-refractivity contribution in [2.75, 3.05) is 11.1 Å². The number of anilines is 2. The lowest BCUT2D eigenvalue weighted by Crippen LogP contribution is -2.13. The molecule has 4 nitrogen and oxygen atoms in total. The summed E-state index contributed by atoms with van der Waals surface area (Å²) in [7, 11) is 0. The van der Waals surface area contributed by atoms with E-state index in [1.54, 1.807) is 18.2 Å². The normalized spacial score (nSPS) is 10.2. The van der Waals surface area contributed by atoms with Gasteiger partial charge in [-0.1, -0.05) is 29.3 Å². The standard InChI is InChI=1S/C13H10Cl2N2O2/c14-7-4-5-8(9(15)6-7)13(19)17-12-10(16)2-1-3-11(12)18/h1-6,18H,16H2,(H,17,19). The van der Waals surface area contributed by atoms with Gasteiger partial charge >= 0.3 is 0 Å². The van der Waals surface area contributed by atoms with Gasteiger partial charge < -0.3 is 16.2 Å². The summed E-state index contributed by atoms with van der Waals surface area (Å²) >= 11 is 11.7. The Labute approximate surface area is 119 Å². The number of phenolic OH excluding ortho intramolecular Hbond substituents is 1. The Morgan fingerprint density at radius 3 is 2.58 bits per heavy atom. The molecule has 6 heteroatoms. The van der Waals surface area contributed by atoms with Gasteiger partial charge in [0.05, 0.1) is 16.3 Å². The number of phenols is 1. The Kier molecular flexibility index (Phi) is 3.83. The van der Waals surface area contributed by atoms with E-state index in [2.05, 4.69) is 5.32 Å². The van der Waals surface area contributed by atoms with Crippen LogP contribution in [0.1, 0.15) is 10.4 Å². The molecule has 4 N–H and O–H groups in total. The van der Waals surface area contributed by atoms with Gasteiger partial charge in [0.2, 0.25) is 0 Å². The first-order chi connectivity index (χ1) is 8.99. The van der Waals surface area contributed by atoms with Crippen LogP contribution in [0.4, 0.5) is 11.4 Å². The van der Waals surface area contributed by atoms with E-state index in [1.165, 1.54) is 18.2 Å². The van der Waals surface area contributed by atoms with Gasteiger partial charge in [-0.25, -0.2) is 0 Å². The predicted molar refractivity (Wildman–Crippen MR) is 76.9 cm³/mol. The number of rotatable bonds is 2. The summed E-state index contributed by atoms with van der Waals surface area (Å²) in [6.07, 6.45) is 0. The Hall–Kier alpha value is -1.91. The average molecular weight is 297 g/mol. The number of amides is 1. The van der Waals surface area contributed by atoms with Gasteiger partial charge in [0.1, 0.15) is 11.4 Å². The fourth-order valence-corrected chi connectivity index (χ4v) is 2.04. The Morgan fingerprint density at radius 1 is 1.21 bits per heavy atom. The molecule has 98 valence electrons. The molecule has 2 aromatic carbocycles. The topological polar surface area (TPSA) is 75.3 Å². The van der Waals surface area contributed by atoms with Crippen LogP contribution in [-0.4, -0.2) is 11.0 Å². The van der Waals surface area contributed by atoms with Crippen molar-refractivity contribution in [1.29, 1.82) is 0 Å². The Bertz CT molecular complexity index is 624. The maximum Gasteiger partial charge on any atom is 0.257 e. The zero-order valence-electron chi connectivity index (χ0n) is 9.65. The number of nitrogens with one attached hydrogen (secondary N) is 1. The van der Waals surface area contributed by atoms with Gasteiger partial charge in [0.25, 0.3) is 5.91 Å². The maximum atomic E-state index is 12.0. The zero-order valence-corrected chi connectivity index (χ0v) is 11.2. The molecule has 0 radical (unpaired) electrons. The predicted octanol–water partition coefficient (Wildman–Crippen LogP) is 3.53. The smallest absolute Gasteiger partial charge is 0.257 e. The van der Waals surface area contributed by atoms with E-state index in [0.29, 0.717) is 5.02 Å². The highest BCUT2D eigenvalue weighted by molar-refractivity contribution is 6.37. The molecule has 19 heavy (non-hydrogen) atoms. The van der Waals surface area contributed by atoms with Crippen LogP contribution >= 0.6 is 23.2 Å². The van der Waals surface area contributed by atoms with Crippen LogP contribution in [0.3, 0.4) is 0 Å². The van der Waals surface area contributed by atoms with E-state index in [9.17, 15) is 9.90 Å². The fraction of sp³-hybridized carbons (Fsp3) is 0. The van der Waals surface area contributed by atoms with E-state index >= 15 is 0 Å². The third-order valence-corrected chi connectivity index (χ3v) is 3.04. The Morgan fingerprint density at radius 2 is 1.95 bits per heavy atom. The monoisotopic (exact) mass is 296 g/mol. The van der Waals surface area contributed by atoms with Gasteiger partial charge in [-0.05, 0) is 30.3 Å². The lowest BCUT2D eigenvalue weighted by atomic mass is 10.2. The summed E-state index contributed by atoms with van der Waals surface area (Å²) in [6.45, 7) is 0. The van der Waals surface area contributed by atoms with E-state index in [0.717, 1.165) is 0 Å². The van der Waals surface area contributed by atoms with Gasteiger partial charge in [-0.2, -0.15) is 0 Å². The summed E-state index contributed by atoms with van der Waals surface area (Å²) < 4.78 is 0. The molecule has 0 aliphatic heterocycles. The molecular formula is C13H10Cl2N2O2. The lowest BCUT2D eigenvalue weighted by Gasteiger charge is -2.10. The minimum Gasteiger partial charge on any atom is -0.506 e. The lowest BCUT2D eigenvalue weighted by molar-refractivity contribution is 0.102. The van der Waals surface area contributed by atoms with E-state index in [4.69, 9.17) is 28.9 Å². The van der Waals surface area contributed by atoms with Crippen LogP contribution in [0.25, 0.3) is 0 Å². The summed E-state index contributed by atoms with van der Waals surface area (Å²) in [4.78, 5) is 12.0. The van der Waals surface area contributed by atoms with Gasteiger partial charge in [0, 0.05) is 5.02 Å². The number of para-hydroxylation sites is 1. The molecule has 1 amide bonds. The molecule has 2 aromatic rings. The molecule has 0 unspecified atom stereocenters. The maximum absolute atomic E-state index is 12.0. The highest BCUT2D eigenvalue weighted by atomic mass is 35.5. The molecule has 0 aliphatic rings. The highest BCUT2D eigenvalue weighted by Gasteiger charge is 2.14. The minimum absolute atomic E-state index is 0.113. The average Bonchev–Trinajstić information content (AvgIpc) is 2.33. The van der Waals surface area contributed by atoms with Crippen molar-refractivity contribution in [3.63, 3.8) is 0 Å². The molecule has 0 saturated heterocycles. The van der Waals surface area contributed by atoms with Crippen LogP contribution in [-0.2, 0) is 0 Å². The first-order valence-corrected chi connectivity index (χ1v) is 6.08. The molecule has 0 fully saturated rings. The number of hydrogen-bond acceptors (Lipinski definition) is 3. The quantitative estimate of drug-likeness (QED) is 0.586. The third-order valence-electron chi connectivity index (χ3n) is 2.49. The van der Waals surface area contributed by atoms with Gasteiger partial charge in [-0.3, -0.25) is 4.79 Å². The van der Waals surface area contributed by atoms with Crippen molar-refractivity contribution in [2.45, 2.75) is 0 Å². The van der Waals surface area contributed by atoms with Crippen molar-refractivity contribution in [2.24, 2.45) is 0 Å². The number of aromatic hydroxyl groups is 1. The number of benzene rings is 2. The van der Waals surface area contributed by atoms with Crippen LogP contribution in [0.2, 0.25) is 10.0 Å². The number of hydrogen-bond donors (Lipinski definition) is 3. The second-order valence-corrected chi connectivity index (χ2v) is 4.66. The third kappa shape index (κ3) is 2.92. The van der Waals surface area contributed by atoms with Crippen molar-refractivity contribution in [3.8, 4) is 5.75 Å². The minimum atomic E-state index is -0.477. The summed E-state index contributed by atoms with van der Waals surface area (Å²) in [5.41, 5.74) is 6.34. The largest absolute Gasteiger partial charge is 0.506 e. The van der Waals surface area contributed by atoms with Crippen LogP contribution < -0.4 is 11.1 Å². The molecule has 0 aromatic heterocycles. The summed E-state index contributed by atoms with van der Waals surface area (Å²) in [5, 5.41) is 12.8. The molecule has 0 bridgehead atoms. The van der Waals surface area contributed by atoms with Gasteiger partial charge in [0.15, 0.2) is 0 Å². The molecule has 0 spiro atoms. The highest BCUT2D eigenvalue weighted by Crippen LogP contribution is 2.30. The summed E-state index contributed by atoms with van der Waals surface area (Å²) in [5.74, 6) is -0.590. The van der Waals surface area contributed by atoms with Crippen molar-refractivity contribution in [3.05, 3.63) is 52.0 Å². The molecule has 0 atom stereocenters. The Balaban J connectivity index is 2.31. The number of nitrogens with two attached hydrogens (primary N) is 1. The van der Waals surface area contributed by atoms with Crippen LogP contribution in [0.5, 0.6) is 5.75 Å². The zero-order chi connectivity index (χ0) is 14.0. The van der Waals surface area contributed by atoms with Crippen molar-refractivity contribution >= 4 is 40.5 Å².